The fourth-order valence-electron chi connectivity index (χ4n) is 3.34. The molecule has 0 saturated carbocycles. The molecular formula is C18H24N2O3S2. The zero-order valence-corrected chi connectivity index (χ0v) is 16.7. The Morgan fingerprint density at radius 2 is 1.92 bits per heavy atom. The molecule has 2 fully saturated rings. The molecule has 3 atom stereocenters. The summed E-state index contributed by atoms with van der Waals surface area (Å²) in [6.07, 6.45) is 0.741. The predicted octanol–water partition coefficient (Wildman–Crippen LogP) is 2.95. The highest BCUT2D eigenvalue weighted by Crippen LogP contribution is 2.41. The van der Waals surface area contributed by atoms with E-state index in [1.165, 1.54) is 11.8 Å². The second kappa shape index (κ2) is 6.76. The zero-order valence-electron chi connectivity index (χ0n) is 15.0. The topological polar surface area (TPSA) is 66.8 Å². The third-order valence-electron chi connectivity index (χ3n) is 4.79. The summed E-state index contributed by atoms with van der Waals surface area (Å²) < 4.78 is 24.2. The first-order valence-electron chi connectivity index (χ1n) is 8.57. The molecule has 136 valence electrons. The maximum Gasteiger partial charge on any atom is 0.250 e. The predicted molar refractivity (Wildman–Crippen MR) is 104 cm³/mol. The number of anilines is 1. The van der Waals surface area contributed by atoms with E-state index in [-0.39, 0.29) is 34.6 Å². The normalized spacial score (nSPS) is 27.5. The molecule has 1 aromatic carbocycles. The molecule has 5 nitrogen and oxygen atoms in total. The van der Waals surface area contributed by atoms with Crippen LogP contribution in [0, 0.1) is 19.8 Å². The third kappa shape index (κ3) is 3.77. The summed E-state index contributed by atoms with van der Waals surface area (Å²) in [4.78, 5) is 18.7. The molecule has 2 aliphatic rings. The van der Waals surface area contributed by atoms with Gasteiger partial charge in [0.05, 0.1) is 17.5 Å². The summed E-state index contributed by atoms with van der Waals surface area (Å²) in [6, 6.07) is 5.99. The van der Waals surface area contributed by atoms with E-state index < -0.39 is 9.84 Å². The highest BCUT2D eigenvalue weighted by Gasteiger charge is 2.49. The number of hydrogen-bond donors (Lipinski definition) is 0. The van der Waals surface area contributed by atoms with Crippen molar-refractivity contribution >= 4 is 38.4 Å². The van der Waals surface area contributed by atoms with Crippen molar-refractivity contribution in [2.24, 2.45) is 10.9 Å². The van der Waals surface area contributed by atoms with Crippen LogP contribution in [0.1, 0.15) is 31.4 Å². The molecule has 0 N–H and O–H groups in total. The Morgan fingerprint density at radius 3 is 2.52 bits per heavy atom. The number of hydrogen-bond acceptors (Lipinski definition) is 4. The minimum atomic E-state index is -3.04. The largest absolute Gasteiger partial charge is 0.316 e. The Bertz CT molecular complexity index is 812. The lowest BCUT2D eigenvalue weighted by Crippen LogP contribution is -2.38. The molecule has 3 rings (SSSR count). The number of amides is 1. The van der Waals surface area contributed by atoms with E-state index in [0.29, 0.717) is 5.17 Å². The van der Waals surface area contributed by atoms with Gasteiger partial charge in [-0.25, -0.2) is 8.42 Å². The average molecular weight is 381 g/mol. The Balaban J connectivity index is 2.03. The molecule has 0 aliphatic carbocycles. The van der Waals surface area contributed by atoms with Gasteiger partial charge in [0.15, 0.2) is 15.0 Å². The summed E-state index contributed by atoms with van der Waals surface area (Å²) in [5.41, 5.74) is 3.14. The van der Waals surface area contributed by atoms with E-state index in [1.54, 1.807) is 0 Å². The van der Waals surface area contributed by atoms with Gasteiger partial charge in [0.25, 0.3) is 5.91 Å². The zero-order chi connectivity index (χ0) is 18.4. The molecular weight excluding hydrogens is 356 g/mol. The first kappa shape index (κ1) is 18.5. The van der Waals surface area contributed by atoms with Gasteiger partial charge in [0.2, 0.25) is 0 Å². The number of rotatable bonds is 3. The minimum Gasteiger partial charge on any atom is -0.316 e. The fourth-order valence-corrected chi connectivity index (χ4v) is 7.25. The Morgan fingerprint density at radius 1 is 1.28 bits per heavy atom. The Kier molecular flexibility index (Phi) is 4.99. The van der Waals surface area contributed by atoms with E-state index in [2.05, 4.69) is 11.1 Å². The van der Waals surface area contributed by atoms with Crippen LogP contribution >= 0.6 is 11.8 Å². The monoisotopic (exact) mass is 380 g/mol. The van der Waals surface area contributed by atoms with Gasteiger partial charge >= 0.3 is 0 Å². The van der Waals surface area contributed by atoms with Crippen LogP contribution in [0.2, 0.25) is 0 Å². The number of nitrogens with zero attached hydrogens (tertiary/aromatic N) is 2. The smallest absolute Gasteiger partial charge is 0.250 e. The van der Waals surface area contributed by atoms with E-state index >= 15 is 0 Å². The highest BCUT2D eigenvalue weighted by molar-refractivity contribution is 8.16. The first-order valence-corrected chi connectivity index (χ1v) is 11.3. The second-order valence-corrected chi connectivity index (χ2v) is 10.4. The van der Waals surface area contributed by atoms with Crippen molar-refractivity contribution in [1.29, 1.82) is 0 Å². The number of thioether (sulfide) groups is 1. The van der Waals surface area contributed by atoms with E-state index in [9.17, 15) is 13.2 Å². The van der Waals surface area contributed by atoms with Crippen LogP contribution in [0.4, 0.5) is 5.69 Å². The van der Waals surface area contributed by atoms with Gasteiger partial charge < -0.3 is 4.90 Å². The van der Waals surface area contributed by atoms with Crippen LogP contribution in [0.25, 0.3) is 0 Å². The first-order chi connectivity index (χ1) is 11.7. The molecule has 2 aliphatic heterocycles. The molecule has 7 heteroatoms. The van der Waals surface area contributed by atoms with Gasteiger partial charge in [0.1, 0.15) is 0 Å². The van der Waals surface area contributed by atoms with Crippen LogP contribution in [-0.2, 0) is 14.6 Å². The number of carbonyl (C=O) groups excluding carboxylic acids is 1. The maximum atomic E-state index is 12.3. The minimum absolute atomic E-state index is 0.0608. The second-order valence-electron chi connectivity index (χ2n) is 7.06. The lowest BCUT2D eigenvalue weighted by Gasteiger charge is -2.25. The van der Waals surface area contributed by atoms with Crippen LogP contribution in [-0.4, -0.2) is 42.3 Å². The molecule has 2 heterocycles. The summed E-state index contributed by atoms with van der Waals surface area (Å²) >= 11 is 1.43. The number of carbonyl (C=O) groups is 1. The number of aryl methyl sites for hydroxylation is 2. The molecule has 25 heavy (non-hydrogen) atoms. The summed E-state index contributed by atoms with van der Waals surface area (Å²) in [5, 5.41) is 0.578. The Labute approximate surface area is 153 Å². The molecule has 0 bridgehead atoms. The lowest BCUT2D eigenvalue weighted by atomic mass is 10.1. The van der Waals surface area contributed by atoms with Gasteiger partial charge in [-0.15, -0.1) is 0 Å². The number of sulfone groups is 1. The van der Waals surface area contributed by atoms with E-state index in [1.807, 2.05) is 44.7 Å². The van der Waals surface area contributed by atoms with Gasteiger partial charge in [0, 0.05) is 16.9 Å². The van der Waals surface area contributed by atoms with Gasteiger partial charge in [-0.1, -0.05) is 31.7 Å². The molecule has 0 aromatic heterocycles. The van der Waals surface area contributed by atoms with E-state index in [0.717, 1.165) is 23.2 Å². The Hall–Kier alpha value is -1.34. The van der Waals surface area contributed by atoms with Crippen LogP contribution < -0.4 is 4.90 Å². The summed E-state index contributed by atoms with van der Waals surface area (Å²) in [5.74, 6) is 0.00884. The summed E-state index contributed by atoms with van der Waals surface area (Å²) in [6.45, 7) is 7.87. The number of benzene rings is 1. The average Bonchev–Trinajstić information content (AvgIpc) is 2.95. The van der Waals surface area contributed by atoms with Crippen LogP contribution in [0.15, 0.2) is 23.2 Å². The molecule has 2 saturated heterocycles. The number of aliphatic imine (C=N–C) groups is 1. The van der Waals surface area contributed by atoms with Crippen molar-refractivity contribution in [3.63, 3.8) is 0 Å². The van der Waals surface area contributed by atoms with Crippen LogP contribution in [0.5, 0.6) is 0 Å². The number of fused-ring (bicyclic) bond motifs is 1. The van der Waals surface area contributed by atoms with Crippen molar-refractivity contribution in [2.45, 2.75) is 45.4 Å². The quantitative estimate of drug-likeness (QED) is 0.806. The van der Waals surface area contributed by atoms with Crippen LogP contribution in [0.3, 0.4) is 0 Å². The SMILES string of the molecule is CC[C@H](C)C(=O)N=C1S[C@@H]2CS(=O)(=O)C[C@@H]2N1c1cc(C)cc(C)c1. The van der Waals surface area contributed by atoms with Crippen molar-refractivity contribution < 1.29 is 13.2 Å². The molecule has 0 radical (unpaired) electrons. The van der Waals surface area contributed by atoms with Gasteiger partial charge in [-0.2, -0.15) is 4.99 Å². The van der Waals surface area contributed by atoms with Gasteiger partial charge in [-0.3, -0.25) is 4.79 Å². The van der Waals surface area contributed by atoms with Crippen molar-refractivity contribution in [2.75, 3.05) is 16.4 Å². The molecule has 1 amide bonds. The van der Waals surface area contributed by atoms with Gasteiger partial charge in [-0.05, 0) is 43.5 Å². The lowest BCUT2D eigenvalue weighted by molar-refractivity contribution is -0.121. The molecule has 1 aromatic rings. The van der Waals surface area contributed by atoms with Crippen molar-refractivity contribution in [1.82, 2.24) is 0 Å². The molecule has 0 unspecified atom stereocenters. The summed E-state index contributed by atoms with van der Waals surface area (Å²) in [7, 11) is -3.04. The molecule has 0 spiro atoms. The highest BCUT2D eigenvalue weighted by atomic mass is 32.2. The van der Waals surface area contributed by atoms with Crippen molar-refractivity contribution in [3.05, 3.63) is 29.3 Å². The van der Waals surface area contributed by atoms with Crippen molar-refractivity contribution in [3.8, 4) is 0 Å². The maximum absolute atomic E-state index is 12.3. The van der Waals surface area contributed by atoms with E-state index in [4.69, 9.17) is 0 Å². The third-order valence-corrected chi connectivity index (χ3v) is 8.00. The fraction of sp³-hybridized carbons (Fsp3) is 0.556. The number of amidine groups is 1. The standard InChI is InChI=1S/C18H24N2O3S2/c1-5-13(4)17(21)19-18-20(14-7-11(2)6-12(3)8-14)15-9-25(22,23)10-16(15)24-18/h6-8,13,15-16H,5,9-10H2,1-4H3/t13-,15-,16+/m0/s1.